The number of nitrogens with one attached hydrogen (secondary N) is 1. The quantitative estimate of drug-likeness (QED) is 0.670. The van der Waals surface area contributed by atoms with E-state index in [1.54, 1.807) is 25.1 Å². The average molecular weight is 336 g/mol. The first kappa shape index (κ1) is 16.7. The SMILES string of the molecule is CC(NC(=O)Cn1cc([N+](=O)[O-])ccc1=O)c1cccc(Cl)c1. The number of nitro groups is 1. The zero-order valence-corrected chi connectivity index (χ0v) is 13.0. The molecule has 7 nitrogen and oxygen atoms in total. The van der Waals surface area contributed by atoms with E-state index in [-0.39, 0.29) is 18.3 Å². The Morgan fingerprint density at radius 1 is 1.39 bits per heavy atom. The van der Waals surface area contributed by atoms with E-state index in [2.05, 4.69) is 5.32 Å². The van der Waals surface area contributed by atoms with Gasteiger partial charge in [0.05, 0.1) is 17.2 Å². The second-order valence-corrected chi connectivity index (χ2v) is 5.39. The lowest BCUT2D eigenvalue weighted by molar-refractivity contribution is -0.385. The Balaban J connectivity index is 2.09. The summed E-state index contributed by atoms with van der Waals surface area (Å²) in [4.78, 5) is 33.8. The molecule has 0 fully saturated rings. The van der Waals surface area contributed by atoms with Gasteiger partial charge in [0.2, 0.25) is 5.91 Å². The number of carbonyl (C=O) groups excluding carboxylic acids is 1. The maximum absolute atomic E-state index is 12.0. The van der Waals surface area contributed by atoms with Crippen LogP contribution in [0.15, 0.2) is 47.4 Å². The highest BCUT2D eigenvalue weighted by molar-refractivity contribution is 6.30. The Kier molecular flexibility index (Phi) is 5.13. The van der Waals surface area contributed by atoms with Crippen LogP contribution in [0.4, 0.5) is 5.69 Å². The van der Waals surface area contributed by atoms with Gasteiger partial charge in [-0.15, -0.1) is 0 Å². The second-order valence-electron chi connectivity index (χ2n) is 4.95. The number of hydrogen-bond acceptors (Lipinski definition) is 4. The zero-order valence-electron chi connectivity index (χ0n) is 12.2. The van der Waals surface area contributed by atoms with Gasteiger partial charge in [-0.05, 0) is 24.6 Å². The summed E-state index contributed by atoms with van der Waals surface area (Å²) >= 11 is 5.90. The van der Waals surface area contributed by atoms with E-state index in [1.165, 1.54) is 0 Å². The highest BCUT2D eigenvalue weighted by Crippen LogP contribution is 2.17. The Labute approximate surface area is 136 Å². The highest BCUT2D eigenvalue weighted by Gasteiger charge is 2.13. The number of carbonyl (C=O) groups is 1. The van der Waals surface area contributed by atoms with Gasteiger partial charge >= 0.3 is 0 Å². The molecule has 8 heteroatoms. The number of halogens is 1. The Bertz CT molecular complexity index is 803. The molecule has 1 heterocycles. The van der Waals surface area contributed by atoms with E-state index in [0.29, 0.717) is 5.02 Å². The predicted molar refractivity (Wildman–Crippen MR) is 85.4 cm³/mol. The Morgan fingerprint density at radius 2 is 2.13 bits per heavy atom. The predicted octanol–water partition coefficient (Wildman–Crippen LogP) is 2.29. The summed E-state index contributed by atoms with van der Waals surface area (Å²) in [6.07, 6.45) is 1.05. The maximum Gasteiger partial charge on any atom is 0.285 e. The van der Waals surface area contributed by atoms with Gasteiger partial charge in [-0.3, -0.25) is 24.3 Å². The lowest BCUT2D eigenvalue weighted by Gasteiger charge is -2.15. The molecular formula is C15H14ClN3O4. The average Bonchev–Trinajstić information content (AvgIpc) is 2.49. The molecule has 0 bridgehead atoms. The fourth-order valence-corrected chi connectivity index (χ4v) is 2.25. The van der Waals surface area contributed by atoms with Gasteiger partial charge in [0, 0.05) is 17.2 Å². The van der Waals surface area contributed by atoms with E-state index in [0.717, 1.165) is 28.5 Å². The summed E-state index contributed by atoms with van der Waals surface area (Å²) in [5, 5.41) is 14.0. The lowest BCUT2D eigenvalue weighted by atomic mass is 10.1. The zero-order chi connectivity index (χ0) is 17.0. The van der Waals surface area contributed by atoms with Crippen molar-refractivity contribution in [3.05, 3.63) is 73.6 Å². The van der Waals surface area contributed by atoms with Crippen LogP contribution < -0.4 is 10.9 Å². The molecule has 0 aliphatic heterocycles. The summed E-state index contributed by atoms with van der Waals surface area (Å²) in [5.74, 6) is -0.430. The molecule has 1 aromatic carbocycles. The number of pyridine rings is 1. The van der Waals surface area contributed by atoms with Gasteiger partial charge in [0.1, 0.15) is 6.54 Å². The van der Waals surface area contributed by atoms with Crippen molar-refractivity contribution in [3.63, 3.8) is 0 Å². The van der Waals surface area contributed by atoms with E-state index >= 15 is 0 Å². The van der Waals surface area contributed by atoms with Gasteiger partial charge < -0.3 is 5.32 Å². The molecule has 2 aromatic rings. The van der Waals surface area contributed by atoms with Crippen LogP contribution in [0, 0.1) is 10.1 Å². The van der Waals surface area contributed by atoms with E-state index in [9.17, 15) is 19.7 Å². The molecule has 2 rings (SSSR count). The van der Waals surface area contributed by atoms with E-state index < -0.39 is 16.4 Å². The molecule has 1 aromatic heterocycles. The smallest absolute Gasteiger partial charge is 0.285 e. The topological polar surface area (TPSA) is 94.2 Å². The fraction of sp³-hybridized carbons (Fsp3) is 0.200. The van der Waals surface area contributed by atoms with Crippen LogP contribution in [0.1, 0.15) is 18.5 Å². The minimum atomic E-state index is -0.623. The third kappa shape index (κ3) is 4.40. The third-order valence-corrected chi connectivity index (χ3v) is 3.45. The molecule has 1 atom stereocenters. The molecule has 0 aliphatic rings. The lowest BCUT2D eigenvalue weighted by Crippen LogP contribution is -2.33. The second kappa shape index (κ2) is 7.06. The fourth-order valence-electron chi connectivity index (χ4n) is 2.05. The van der Waals surface area contributed by atoms with Crippen LogP contribution in [-0.2, 0) is 11.3 Å². The van der Waals surface area contributed by atoms with Crippen LogP contribution >= 0.6 is 11.6 Å². The van der Waals surface area contributed by atoms with Gasteiger partial charge in [0.25, 0.3) is 11.2 Å². The van der Waals surface area contributed by atoms with Crippen LogP contribution in [-0.4, -0.2) is 15.4 Å². The molecule has 1 amide bonds. The minimum absolute atomic E-state index is 0.250. The molecular weight excluding hydrogens is 322 g/mol. The van der Waals surface area contributed by atoms with E-state index in [1.807, 2.05) is 6.07 Å². The number of benzene rings is 1. The largest absolute Gasteiger partial charge is 0.348 e. The molecule has 0 saturated carbocycles. The van der Waals surface area contributed by atoms with Crippen LogP contribution in [0.2, 0.25) is 5.02 Å². The summed E-state index contributed by atoms with van der Waals surface area (Å²) in [7, 11) is 0. The Morgan fingerprint density at radius 3 is 2.78 bits per heavy atom. The van der Waals surface area contributed by atoms with Crippen molar-refractivity contribution < 1.29 is 9.72 Å². The van der Waals surface area contributed by atoms with Crippen molar-refractivity contribution in [1.29, 1.82) is 0 Å². The standard InChI is InChI=1S/C15H14ClN3O4/c1-10(11-3-2-4-12(16)7-11)17-14(20)9-18-8-13(19(22)23)5-6-15(18)21/h2-8,10H,9H2,1H3,(H,17,20). The van der Waals surface area contributed by atoms with Gasteiger partial charge in [-0.2, -0.15) is 0 Å². The molecule has 120 valence electrons. The van der Waals surface area contributed by atoms with Crippen LogP contribution in [0.3, 0.4) is 0 Å². The number of nitrogens with zero attached hydrogens (tertiary/aromatic N) is 2. The van der Waals surface area contributed by atoms with Crippen molar-refractivity contribution in [2.45, 2.75) is 19.5 Å². The van der Waals surface area contributed by atoms with Crippen LogP contribution in [0.25, 0.3) is 0 Å². The molecule has 1 unspecified atom stereocenters. The third-order valence-electron chi connectivity index (χ3n) is 3.22. The van der Waals surface area contributed by atoms with Gasteiger partial charge in [0.15, 0.2) is 0 Å². The minimum Gasteiger partial charge on any atom is -0.348 e. The normalized spacial score (nSPS) is 11.7. The summed E-state index contributed by atoms with van der Waals surface area (Å²) < 4.78 is 0.998. The molecule has 0 saturated heterocycles. The van der Waals surface area contributed by atoms with Crippen molar-refractivity contribution in [3.8, 4) is 0 Å². The summed E-state index contributed by atoms with van der Waals surface area (Å²) in [6.45, 7) is 1.48. The van der Waals surface area contributed by atoms with Crippen molar-refractivity contribution >= 4 is 23.2 Å². The molecule has 23 heavy (non-hydrogen) atoms. The monoisotopic (exact) mass is 335 g/mol. The van der Waals surface area contributed by atoms with E-state index in [4.69, 9.17) is 11.6 Å². The highest BCUT2D eigenvalue weighted by atomic mass is 35.5. The number of hydrogen-bond donors (Lipinski definition) is 1. The first-order valence-corrected chi connectivity index (χ1v) is 7.14. The van der Waals surface area contributed by atoms with Crippen molar-refractivity contribution in [2.24, 2.45) is 0 Å². The van der Waals surface area contributed by atoms with Crippen molar-refractivity contribution in [2.75, 3.05) is 0 Å². The number of aromatic nitrogens is 1. The maximum atomic E-state index is 12.0. The summed E-state index contributed by atoms with van der Waals surface area (Å²) in [6, 6.07) is 8.89. The van der Waals surface area contributed by atoms with Gasteiger partial charge in [-0.25, -0.2) is 0 Å². The van der Waals surface area contributed by atoms with Gasteiger partial charge in [-0.1, -0.05) is 23.7 Å². The van der Waals surface area contributed by atoms with Crippen LogP contribution in [0.5, 0.6) is 0 Å². The van der Waals surface area contributed by atoms with Crippen molar-refractivity contribution in [1.82, 2.24) is 9.88 Å². The molecule has 0 radical (unpaired) electrons. The first-order chi connectivity index (χ1) is 10.9. The molecule has 1 N–H and O–H groups in total. The summed E-state index contributed by atoms with van der Waals surface area (Å²) in [5.41, 5.74) is 0.0821. The molecule has 0 aliphatic carbocycles. The molecule has 0 spiro atoms. The number of amides is 1. The Hall–Kier alpha value is -2.67. The first-order valence-electron chi connectivity index (χ1n) is 6.76. The number of rotatable bonds is 5.